The molecule has 1 aliphatic heterocycles. The molecule has 1 unspecified atom stereocenters. The van der Waals surface area contributed by atoms with Gasteiger partial charge in [-0.2, -0.15) is 5.10 Å². The second-order valence-corrected chi connectivity index (χ2v) is 3.86. The minimum absolute atomic E-state index is 0.103. The Hall–Kier alpha value is -1.85. The fraction of sp³-hybridized carbons (Fsp3) is 0.500. The second-order valence-electron chi connectivity index (χ2n) is 3.86. The molecule has 1 amide bonds. The summed E-state index contributed by atoms with van der Waals surface area (Å²) in [4.78, 5) is 23.9. The smallest absolute Gasteiger partial charge is 0.326 e. The van der Waals surface area contributed by atoms with Crippen LogP contribution in [-0.4, -0.2) is 37.7 Å². The van der Waals surface area contributed by atoms with Gasteiger partial charge in [-0.1, -0.05) is 0 Å². The van der Waals surface area contributed by atoms with Gasteiger partial charge in [-0.15, -0.1) is 0 Å². The first-order valence-electron chi connectivity index (χ1n) is 5.08. The monoisotopic (exact) mass is 223 g/mol. The largest absolute Gasteiger partial charge is 0.480 e. The number of carbonyl (C=O) groups is 2. The summed E-state index contributed by atoms with van der Waals surface area (Å²) in [5.74, 6) is -1.04. The maximum Gasteiger partial charge on any atom is 0.326 e. The maximum absolute atomic E-state index is 11.6. The molecule has 0 aromatic carbocycles. The van der Waals surface area contributed by atoms with E-state index in [1.807, 2.05) is 0 Å². The van der Waals surface area contributed by atoms with E-state index < -0.39 is 12.0 Å². The third kappa shape index (κ3) is 1.78. The molecule has 1 fully saturated rings. The van der Waals surface area contributed by atoms with Gasteiger partial charge in [0.05, 0.1) is 12.2 Å². The summed E-state index contributed by atoms with van der Waals surface area (Å²) >= 11 is 0. The summed E-state index contributed by atoms with van der Waals surface area (Å²) in [6.07, 6.45) is 2.34. The molecule has 1 aromatic heterocycles. The lowest BCUT2D eigenvalue weighted by Gasteiger charge is -2.21. The highest BCUT2D eigenvalue weighted by atomic mass is 16.4. The third-order valence-corrected chi connectivity index (χ3v) is 2.87. The average molecular weight is 223 g/mol. The minimum atomic E-state index is -0.937. The summed E-state index contributed by atoms with van der Waals surface area (Å²) in [6, 6.07) is 1.09. The number of carboxylic acids is 1. The Balaban J connectivity index is 2.16. The third-order valence-electron chi connectivity index (χ3n) is 2.87. The van der Waals surface area contributed by atoms with Crippen molar-refractivity contribution in [2.24, 2.45) is 7.05 Å². The number of hydrogen-bond acceptors (Lipinski definition) is 3. The van der Waals surface area contributed by atoms with Crippen LogP contribution in [0.15, 0.2) is 12.3 Å². The normalized spacial score (nSPS) is 20.4. The van der Waals surface area contributed by atoms with E-state index in [2.05, 4.69) is 5.10 Å². The van der Waals surface area contributed by atoms with Crippen molar-refractivity contribution in [1.29, 1.82) is 0 Å². The van der Waals surface area contributed by atoms with Crippen LogP contribution in [0.25, 0.3) is 0 Å². The van der Waals surface area contributed by atoms with Gasteiger partial charge in [0.25, 0.3) is 0 Å². The lowest BCUT2D eigenvalue weighted by Crippen LogP contribution is -2.38. The van der Waals surface area contributed by atoms with Crippen LogP contribution in [0.1, 0.15) is 18.5 Å². The molecule has 1 aromatic rings. The molecule has 0 saturated carbocycles. The van der Waals surface area contributed by atoms with Gasteiger partial charge in [0.2, 0.25) is 5.91 Å². The number of aryl methyl sites for hydroxylation is 1. The first kappa shape index (κ1) is 10.7. The van der Waals surface area contributed by atoms with E-state index in [4.69, 9.17) is 5.11 Å². The summed E-state index contributed by atoms with van der Waals surface area (Å²) in [7, 11) is 1.77. The zero-order chi connectivity index (χ0) is 11.7. The quantitative estimate of drug-likeness (QED) is 0.782. The van der Waals surface area contributed by atoms with Crippen LogP contribution in [0.4, 0.5) is 0 Å². The summed E-state index contributed by atoms with van der Waals surface area (Å²) in [5.41, 5.74) is 0.835. The van der Waals surface area contributed by atoms with Crippen molar-refractivity contribution in [1.82, 2.24) is 14.7 Å². The highest BCUT2D eigenvalue weighted by Gasteiger charge is 2.36. The number of amides is 1. The SMILES string of the molecule is Cn1nccc1CN1C(=O)CCC1C(=O)O. The zero-order valence-corrected chi connectivity index (χ0v) is 8.96. The highest BCUT2D eigenvalue weighted by molar-refractivity contribution is 5.87. The molecule has 2 heterocycles. The molecule has 1 saturated heterocycles. The highest BCUT2D eigenvalue weighted by Crippen LogP contribution is 2.21. The van der Waals surface area contributed by atoms with Crippen molar-refractivity contribution in [3.63, 3.8) is 0 Å². The molecule has 0 aliphatic carbocycles. The number of carboxylic acid groups (broad SMARTS) is 1. The van der Waals surface area contributed by atoms with E-state index in [0.29, 0.717) is 19.4 Å². The van der Waals surface area contributed by atoms with Gasteiger partial charge in [-0.05, 0) is 12.5 Å². The lowest BCUT2D eigenvalue weighted by atomic mass is 10.2. The predicted octanol–water partition coefficient (Wildman–Crippen LogP) is -0.00430. The molecule has 2 rings (SSSR count). The standard InChI is InChI=1S/C10H13N3O3/c1-12-7(4-5-11-12)6-13-8(10(15)16)2-3-9(13)14/h4-5,8H,2-3,6H2,1H3,(H,15,16). The molecule has 6 heteroatoms. The van der Waals surface area contributed by atoms with E-state index in [9.17, 15) is 9.59 Å². The molecule has 6 nitrogen and oxygen atoms in total. The molecule has 86 valence electrons. The van der Waals surface area contributed by atoms with Crippen LogP contribution in [-0.2, 0) is 23.2 Å². The van der Waals surface area contributed by atoms with Crippen LogP contribution in [0, 0.1) is 0 Å². The summed E-state index contributed by atoms with van der Waals surface area (Å²) in [6.45, 7) is 0.312. The van der Waals surface area contributed by atoms with Crippen molar-refractivity contribution in [3.05, 3.63) is 18.0 Å². The Bertz CT molecular complexity index is 427. The Kier molecular flexibility index (Phi) is 2.64. The first-order chi connectivity index (χ1) is 7.59. The second kappa shape index (κ2) is 3.96. The van der Waals surface area contributed by atoms with Crippen molar-refractivity contribution >= 4 is 11.9 Å². The zero-order valence-electron chi connectivity index (χ0n) is 8.96. The van der Waals surface area contributed by atoms with Gasteiger partial charge in [0.1, 0.15) is 6.04 Å². The van der Waals surface area contributed by atoms with E-state index in [0.717, 1.165) is 5.69 Å². The molecule has 1 aliphatic rings. The fourth-order valence-electron chi connectivity index (χ4n) is 1.92. The van der Waals surface area contributed by atoms with Gasteiger partial charge >= 0.3 is 5.97 Å². The summed E-state index contributed by atoms with van der Waals surface area (Å²) in [5, 5.41) is 13.0. The molecule has 0 bridgehead atoms. The molecule has 0 radical (unpaired) electrons. The Morgan fingerprint density at radius 3 is 3.00 bits per heavy atom. The van der Waals surface area contributed by atoms with Crippen LogP contribution in [0.5, 0.6) is 0 Å². The summed E-state index contributed by atoms with van der Waals surface area (Å²) < 4.78 is 1.64. The van der Waals surface area contributed by atoms with Crippen LogP contribution >= 0.6 is 0 Å². The lowest BCUT2D eigenvalue weighted by molar-refractivity contribution is -0.146. The van der Waals surface area contributed by atoms with E-state index in [1.54, 1.807) is 24.0 Å². The predicted molar refractivity (Wildman–Crippen MR) is 54.4 cm³/mol. The minimum Gasteiger partial charge on any atom is -0.480 e. The van der Waals surface area contributed by atoms with Gasteiger partial charge in [-0.25, -0.2) is 4.79 Å². The number of likely N-dealkylation sites (tertiary alicyclic amines) is 1. The number of aromatic nitrogens is 2. The van der Waals surface area contributed by atoms with E-state index in [-0.39, 0.29) is 5.91 Å². The van der Waals surface area contributed by atoms with E-state index in [1.165, 1.54) is 4.90 Å². The number of hydrogen-bond donors (Lipinski definition) is 1. The van der Waals surface area contributed by atoms with Gasteiger partial charge in [0.15, 0.2) is 0 Å². The molecule has 16 heavy (non-hydrogen) atoms. The number of rotatable bonds is 3. The Morgan fingerprint density at radius 1 is 1.69 bits per heavy atom. The van der Waals surface area contributed by atoms with Crippen molar-refractivity contribution < 1.29 is 14.7 Å². The van der Waals surface area contributed by atoms with Gasteiger partial charge in [0, 0.05) is 19.7 Å². The van der Waals surface area contributed by atoms with Crippen LogP contribution in [0.2, 0.25) is 0 Å². The molecule has 0 spiro atoms. The van der Waals surface area contributed by atoms with Crippen molar-refractivity contribution in [2.75, 3.05) is 0 Å². The topological polar surface area (TPSA) is 75.4 Å². The van der Waals surface area contributed by atoms with Crippen LogP contribution < -0.4 is 0 Å². The molecular weight excluding hydrogens is 210 g/mol. The number of aliphatic carboxylic acids is 1. The van der Waals surface area contributed by atoms with Gasteiger partial charge in [-0.3, -0.25) is 9.48 Å². The fourth-order valence-corrected chi connectivity index (χ4v) is 1.92. The number of nitrogens with zero attached hydrogens (tertiary/aromatic N) is 3. The first-order valence-corrected chi connectivity index (χ1v) is 5.08. The molecular formula is C10H13N3O3. The maximum atomic E-state index is 11.6. The number of carbonyl (C=O) groups excluding carboxylic acids is 1. The van der Waals surface area contributed by atoms with Crippen LogP contribution in [0.3, 0.4) is 0 Å². The average Bonchev–Trinajstić information content (AvgIpc) is 2.76. The molecule has 1 atom stereocenters. The van der Waals surface area contributed by atoms with E-state index >= 15 is 0 Å². The Morgan fingerprint density at radius 2 is 2.44 bits per heavy atom. The van der Waals surface area contributed by atoms with Gasteiger partial charge < -0.3 is 10.0 Å². The van der Waals surface area contributed by atoms with Crippen molar-refractivity contribution in [2.45, 2.75) is 25.4 Å². The Labute approximate surface area is 92.5 Å². The molecule has 1 N–H and O–H groups in total. The van der Waals surface area contributed by atoms with Crippen molar-refractivity contribution in [3.8, 4) is 0 Å².